The highest BCUT2D eigenvalue weighted by atomic mass is 32.1. The summed E-state index contributed by atoms with van der Waals surface area (Å²) in [7, 11) is 0. The second-order valence-corrected chi connectivity index (χ2v) is 6.26. The molecule has 1 aliphatic heterocycles. The maximum atomic E-state index is 8.81. The highest BCUT2D eigenvalue weighted by Crippen LogP contribution is 2.31. The molecule has 5 nitrogen and oxygen atoms in total. The molecule has 0 amide bonds. The first-order valence-electron chi connectivity index (χ1n) is 7.23. The molecule has 3 rings (SSSR count). The maximum absolute atomic E-state index is 8.81. The highest BCUT2D eigenvalue weighted by Gasteiger charge is 2.24. The summed E-state index contributed by atoms with van der Waals surface area (Å²) in [6, 6.07) is 5.85. The van der Waals surface area contributed by atoms with Crippen LogP contribution in [0.4, 0.5) is 5.82 Å². The van der Waals surface area contributed by atoms with Gasteiger partial charge in [-0.25, -0.2) is 4.98 Å². The minimum absolute atomic E-state index is 0.525. The summed E-state index contributed by atoms with van der Waals surface area (Å²) in [5, 5.41) is 19.7. The molecule has 0 unspecified atom stereocenters. The molecule has 6 heteroatoms. The summed E-state index contributed by atoms with van der Waals surface area (Å²) in [5.41, 5.74) is 0.606. The topological polar surface area (TPSA) is 65.7 Å². The SMILES string of the molecule is CCc1nnc(C2CCN(c3ccc(C#N)cn3)CC2)s1. The smallest absolute Gasteiger partial charge is 0.128 e. The van der Waals surface area contributed by atoms with Crippen molar-refractivity contribution in [3.05, 3.63) is 33.9 Å². The number of aromatic nitrogens is 3. The third-order valence-corrected chi connectivity index (χ3v) is 5.06. The molecule has 0 atom stereocenters. The summed E-state index contributed by atoms with van der Waals surface area (Å²) in [6.45, 7) is 4.07. The van der Waals surface area contributed by atoms with Crippen LogP contribution in [0.2, 0.25) is 0 Å². The standard InChI is InChI=1S/C15H17N5S/c1-2-14-18-19-15(21-14)12-5-7-20(8-6-12)13-4-3-11(9-16)10-17-13/h3-4,10,12H,2,5-8H2,1H3. The molecule has 2 aromatic rings. The van der Waals surface area contributed by atoms with Crippen molar-refractivity contribution in [2.24, 2.45) is 0 Å². The summed E-state index contributed by atoms with van der Waals surface area (Å²) >= 11 is 1.75. The molecule has 2 aromatic heterocycles. The molecule has 108 valence electrons. The van der Waals surface area contributed by atoms with Crippen molar-refractivity contribution in [2.75, 3.05) is 18.0 Å². The van der Waals surface area contributed by atoms with E-state index >= 15 is 0 Å². The Bertz CT molecular complexity index is 635. The maximum Gasteiger partial charge on any atom is 0.128 e. The number of hydrogen-bond donors (Lipinski definition) is 0. The van der Waals surface area contributed by atoms with Crippen molar-refractivity contribution >= 4 is 17.2 Å². The lowest BCUT2D eigenvalue weighted by atomic mass is 9.97. The lowest BCUT2D eigenvalue weighted by Gasteiger charge is -2.31. The van der Waals surface area contributed by atoms with E-state index in [2.05, 4.69) is 33.1 Å². The average molecular weight is 299 g/mol. The molecule has 1 aliphatic rings. The van der Waals surface area contributed by atoms with E-state index in [1.165, 1.54) is 5.01 Å². The van der Waals surface area contributed by atoms with Crippen LogP contribution in [0.1, 0.15) is 41.3 Å². The van der Waals surface area contributed by atoms with Gasteiger partial charge in [-0.1, -0.05) is 6.92 Å². The number of aryl methyl sites for hydroxylation is 1. The lowest BCUT2D eigenvalue weighted by Crippen LogP contribution is -2.33. The van der Waals surface area contributed by atoms with E-state index in [1.54, 1.807) is 17.5 Å². The Hall–Kier alpha value is -2.00. The largest absolute Gasteiger partial charge is 0.357 e. The zero-order chi connectivity index (χ0) is 14.7. The number of hydrogen-bond acceptors (Lipinski definition) is 6. The lowest BCUT2D eigenvalue weighted by molar-refractivity contribution is 0.498. The second-order valence-electron chi connectivity index (χ2n) is 5.17. The minimum atomic E-state index is 0.525. The van der Waals surface area contributed by atoms with E-state index in [0.29, 0.717) is 11.5 Å². The van der Waals surface area contributed by atoms with Gasteiger partial charge in [0.05, 0.1) is 5.56 Å². The van der Waals surface area contributed by atoms with Crippen molar-refractivity contribution < 1.29 is 0 Å². The van der Waals surface area contributed by atoms with Gasteiger partial charge in [-0.15, -0.1) is 21.5 Å². The van der Waals surface area contributed by atoms with E-state index in [1.807, 2.05) is 12.1 Å². The van der Waals surface area contributed by atoms with Crippen LogP contribution in [0, 0.1) is 11.3 Å². The normalized spacial score (nSPS) is 15.9. The second kappa shape index (κ2) is 6.19. The van der Waals surface area contributed by atoms with Gasteiger partial charge in [-0.2, -0.15) is 5.26 Å². The van der Waals surface area contributed by atoms with E-state index in [9.17, 15) is 0 Å². The van der Waals surface area contributed by atoms with Gasteiger partial charge < -0.3 is 4.90 Å². The van der Waals surface area contributed by atoms with Crippen LogP contribution in [-0.2, 0) is 6.42 Å². The molecule has 0 aromatic carbocycles. The number of rotatable bonds is 3. The Balaban J connectivity index is 1.63. The predicted molar refractivity (Wildman–Crippen MR) is 82.4 cm³/mol. The fourth-order valence-corrected chi connectivity index (χ4v) is 3.52. The molecule has 0 radical (unpaired) electrons. The Morgan fingerprint density at radius 3 is 2.71 bits per heavy atom. The van der Waals surface area contributed by atoms with Crippen molar-refractivity contribution in [1.82, 2.24) is 15.2 Å². The first-order chi connectivity index (χ1) is 10.3. The molecule has 21 heavy (non-hydrogen) atoms. The van der Waals surface area contributed by atoms with E-state index < -0.39 is 0 Å². The van der Waals surface area contributed by atoms with Crippen molar-refractivity contribution in [2.45, 2.75) is 32.1 Å². The molecule has 3 heterocycles. The monoisotopic (exact) mass is 299 g/mol. The fourth-order valence-electron chi connectivity index (χ4n) is 2.57. The van der Waals surface area contributed by atoms with E-state index in [4.69, 9.17) is 5.26 Å². The third-order valence-electron chi connectivity index (χ3n) is 3.83. The molecule has 0 bridgehead atoms. The summed E-state index contributed by atoms with van der Waals surface area (Å²) in [5.74, 6) is 1.48. The van der Waals surface area contributed by atoms with Crippen LogP contribution < -0.4 is 4.90 Å². The molecular formula is C15H17N5S. The number of pyridine rings is 1. The Morgan fingerprint density at radius 2 is 2.14 bits per heavy atom. The van der Waals surface area contributed by atoms with Crippen LogP contribution >= 0.6 is 11.3 Å². The summed E-state index contributed by atoms with van der Waals surface area (Å²) in [4.78, 5) is 6.64. The van der Waals surface area contributed by atoms with Gasteiger partial charge in [0.15, 0.2) is 0 Å². The van der Waals surface area contributed by atoms with E-state index in [0.717, 1.165) is 43.2 Å². The van der Waals surface area contributed by atoms with Gasteiger partial charge in [-0.05, 0) is 31.4 Å². The fraction of sp³-hybridized carbons (Fsp3) is 0.467. The predicted octanol–water partition coefficient (Wildman–Crippen LogP) is 2.75. The number of anilines is 1. The number of nitrogens with zero attached hydrogens (tertiary/aromatic N) is 5. The first kappa shape index (κ1) is 14.0. The highest BCUT2D eigenvalue weighted by molar-refractivity contribution is 7.11. The van der Waals surface area contributed by atoms with Crippen molar-refractivity contribution in [1.29, 1.82) is 5.26 Å². The zero-order valence-corrected chi connectivity index (χ0v) is 12.8. The molecule has 0 saturated carbocycles. The Kier molecular flexibility index (Phi) is 4.11. The average Bonchev–Trinajstić information content (AvgIpc) is 3.04. The zero-order valence-electron chi connectivity index (χ0n) is 12.0. The molecule has 1 fully saturated rings. The van der Waals surface area contributed by atoms with Gasteiger partial charge >= 0.3 is 0 Å². The van der Waals surface area contributed by atoms with E-state index in [-0.39, 0.29) is 0 Å². The van der Waals surface area contributed by atoms with Crippen molar-refractivity contribution in [3.63, 3.8) is 0 Å². The number of piperidine rings is 1. The Labute approximate surface area is 128 Å². The first-order valence-corrected chi connectivity index (χ1v) is 8.05. The number of nitriles is 1. The quantitative estimate of drug-likeness (QED) is 0.872. The van der Waals surface area contributed by atoms with Crippen LogP contribution in [-0.4, -0.2) is 28.3 Å². The van der Waals surface area contributed by atoms with Gasteiger partial charge in [0.1, 0.15) is 21.9 Å². The van der Waals surface area contributed by atoms with Crippen LogP contribution in [0.25, 0.3) is 0 Å². The van der Waals surface area contributed by atoms with Crippen molar-refractivity contribution in [3.8, 4) is 6.07 Å². The van der Waals surface area contributed by atoms with Gasteiger partial charge in [0.25, 0.3) is 0 Å². The van der Waals surface area contributed by atoms with Crippen LogP contribution in [0.5, 0.6) is 0 Å². The van der Waals surface area contributed by atoms with Gasteiger partial charge in [0.2, 0.25) is 0 Å². The van der Waals surface area contributed by atoms with Crippen LogP contribution in [0.15, 0.2) is 18.3 Å². The van der Waals surface area contributed by atoms with Crippen LogP contribution in [0.3, 0.4) is 0 Å². The van der Waals surface area contributed by atoms with Gasteiger partial charge in [0, 0.05) is 25.2 Å². The molecule has 0 N–H and O–H groups in total. The summed E-state index contributed by atoms with van der Waals surface area (Å²) < 4.78 is 0. The van der Waals surface area contributed by atoms with Gasteiger partial charge in [-0.3, -0.25) is 0 Å². The third kappa shape index (κ3) is 3.03. The molecule has 0 aliphatic carbocycles. The molecule has 1 saturated heterocycles. The molecular weight excluding hydrogens is 282 g/mol. The minimum Gasteiger partial charge on any atom is -0.357 e. The summed E-state index contributed by atoms with van der Waals surface area (Å²) in [6.07, 6.45) is 4.77. The Morgan fingerprint density at radius 1 is 1.33 bits per heavy atom. The molecule has 0 spiro atoms.